The first kappa shape index (κ1) is 40.8. The number of thiophene rings is 1. The predicted molar refractivity (Wildman–Crippen MR) is 237 cm³/mol. The van der Waals surface area contributed by atoms with Crippen LogP contribution >= 0.6 is 11.3 Å². The van der Waals surface area contributed by atoms with Crippen molar-refractivity contribution in [1.29, 1.82) is 0 Å². The first-order chi connectivity index (χ1) is 29.8. The van der Waals surface area contributed by atoms with Gasteiger partial charge in [0.25, 0.3) is 5.91 Å². The molecular formula is C48H53N5O7S. The van der Waals surface area contributed by atoms with Gasteiger partial charge in [-0.15, -0.1) is 11.3 Å². The Morgan fingerprint density at radius 3 is 2.13 bits per heavy atom. The van der Waals surface area contributed by atoms with Crippen molar-refractivity contribution in [2.24, 2.45) is 5.92 Å². The van der Waals surface area contributed by atoms with Crippen LogP contribution in [0.3, 0.4) is 0 Å². The first-order valence-corrected chi connectivity index (χ1v) is 22.3. The molecule has 1 N–H and O–H groups in total. The molecule has 0 saturated carbocycles. The summed E-state index contributed by atoms with van der Waals surface area (Å²) >= 11 is 1.68. The molecule has 318 valence electrons. The van der Waals surface area contributed by atoms with E-state index in [9.17, 15) is 14.4 Å². The Balaban J connectivity index is 0.694. The smallest absolute Gasteiger partial charge is 0.255 e. The number of imide groups is 1. The molecule has 4 aliphatic heterocycles. The lowest BCUT2D eigenvalue weighted by Crippen LogP contribution is -2.52. The van der Waals surface area contributed by atoms with E-state index < -0.39 is 6.04 Å². The number of methoxy groups -OCH3 is 2. The third kappa shape index (κ3) is 9.05. The van der Waals surface area contributed by atoms with Crippen molar-refractivity contribution in [3.05, 3.63) is 96.1 Å². The van der Waals surface area contributed by atoms with E-state index in [0.717, 1.165) is 139 Å². The summed E-state index contributed by atoms with van der Waals surface area (Å²) in [5.74, 6) is 3.84. The Kier molecular flexibility index (Phi) is 12.1. The van der Waals surface area contributed by atoms with Crippen LogP contribution in [0.5, 0.6) is 28.7 Å². The highest BCUT2D eigenvalue weighted by atomic mass is 32.1. The van der Waals surface area contributed by atoms with Crippen LogP contribution in [0.1, 0.15) is 48.0 Å². The number of rotatable bonds is 14. The molecule has 13 heteroatoms. The second-order valence-corrected chi connectivity index (χ2v) is 17.5. The molecule has 1 aromatic heterocycles. The van der Waals surface area contributed by atoms with Crippen molar-refractivity contribution in [3.63, 3.8) is 0 Å². The van der Waals surface area contributed by atoms with Crippen molar-refractivity contribution < 1.29 is 33.3 Å². The van der Waals surface area contributed by atoms with Gasteiger partial charge in [-0.2, -0.15) is 0 Å². The molecule has 4 aliphatic rings. The van der Waals surface area contributed by atoms with Crippen LogP contribution in [-0.2, 0) is 16.1 Å². The van der Waals surface area contributed by atoms with Crippen molar-refractivity contribution in [3.8, 4) is 39.2 Å². The van der Waals surface area contributed by atoms with E-state index in [1.165, 1.54) is 0 Å². The molecule has 12 nitrogen and oxygen atoms in total. The van der Waals surface area contributed by atoms with Gasteiger partial charge in [0.05, 0.1) is 25.7 Å². The molecule has 0 bridgehead atoms. The fraction of sp³-hybridized carbons (Fsp3) is 0.396. The zero-order valence-corrected chi connectivity index (χ0v) is 35.7. The molecule has 1 unspecified atom stereocenters. The molecule has 0 radical (unpaired) electrons. The Morgan fingerprint density at radius 2 is 1.41 bits per heavy atom. The van der Waals surface area contributed by atoms with Gasteiger partial charge in [-0.3, -0.25) is 24.6 Å². The third-order valence-electron chi connectivity index (χ3n) is 12.6. The summed E-state index contributed by atoms with van der Waals surface area (Å²) in [6.07, 6.45) is 4.07. The van der Waals surface area contributed by atoms with Gasteiger partial charge in [0.15, 0.2) is 5.75 Å². The molecule has 9 rings (SSSR count). The fourth-order valence-electron chi connectivity index (χ4n) is 9.03. The predicted octanol–water partition coefficient (Wildman–Crippen LogP) is 7.44. The van der Waals surface area contributed by atoms with E-state index in [-0.39, 0.29) is 24.1 Å². The molecule has 61 heavy (non-hydrogen) atoms. The fourth-order valence-corrected chi connectivity index (χ4v) is 10.2. The second-order valence-electron chi connectivity index (χ2n) is 16.4. The largest absolute Gasteiger partial charge is 0.497 e. The molecule has 3 saturated heterocycles. The van der Waals surface area contributed by atoms with E-state index in [1.807, 2.05) is 54.6 Å². The molecule has 3 amide bonds. The van der Waals surface area contributed by atoms with Crippen LogP contribution < -0.4 is 29.2 Å². The van der Waals surface area contributed by atoms with E-state index in [2.05, 4.69) is 50.3 Å². The highest BCUT2D eigenvalue weighted by molar-refractivity contribution is 7.22. The minimum atomic E-state index is -0.589. The molecule has 4 aromatic carbocycles. The molecular weight excluding hydrogens is 791 g/mol. The SMILES string of the molecule is COc1ccc(-c2sc3cc(OC)ccc3c2Oc2ccc(OCC3CCN(CCCN4CCN(c5ccc6c(c5)CN(C5CCC(=O)NC5=O)C6=O)CC4)CC3)cc2)cc1. The van der Waals surface area contributed by atoms with Crippen LogP contribution in [-0.4, -0.2) is 112 Å². The van der Waals surface area contributed by atoms with Gasteiger partial charge in [0.1, 0.15) is 29.0 Å². The van der Waals surface area contributed by atoms with Gasteiger partial charge < -0.3 is 33.6 Å². The van der Waals surface area contributed by atoms with Crippen LogP contribution in [0.15, 0.2) is 84.9 Å². The topological polar surface area (TPSA) is 113 Å². The number of hydrogen-bond acceptors (Lipinski definition) is 11. The molecule has 1 atom stereocenters. The number of fused-ring (bicyclic) bond motifs is 2. The highest BCUT2D eigenvalue weighted by Gasteiger charge is 2.39. The summed E-state index contributed by atoms with van der Waals surface area (Å²) in [5.41, 5.74) is 3.80. The average molecular weight is 844 g/mol. The maximum absolute atomic E-state index is 13.1. The van der Waals surface area contributed by atoms with Crippen LogP contribution in [0, 0.1) is 5.92 Å². The summed E-state index contributed by atoms with van der Waals surface area (Å²) in [6.45, 7) is 9.45. The van der Waals surface area contributed by atoms with Crippen LogP contribution in [0.25, 0.3) is 20.5 Å². The van der Waals surface area contributed by atoms with Gasteiger partial charge in [0, 0.05) is 60.5 Å². The lowest BCUT2D eigenvalue weighted by molar-refractivity contribution is -0.136. The zero-order valence-electron chi connectivity index (χ0n) is 34.9. The monoisotopic (exact) mass is 843 g/mol. The summed E-state index contributed by atoms with van der Waals surface area (Å²) in [7, 11) is 3.36. The molecule has 5 heterocycles. The highest BCUT2D eigenvalue weighted by Crippen LogP contribution is 2.47. The van der Waals surface area contributed by atoms with Gasteiger partial charge in [-0.25, -0.2) is 0 Å². The number of carbonyl (C=O) groups is 3. The minimum Gasteiger partial charge on any atom is -0.497 e. The summed E-state index contributed by atoms with van der Waals surface area (Å²) in [6, 6.07) is 27.6. The van der Waals surface area contributed by atoms with Gasteiger partial charge in [-0.05, 0) is 154 Å². The Morgan fingerprint density at radius 1 is 0.721 bits per heavy atom. The number of ether oxygens (including phenoxy) is 4. The lowest BCUT2D eigenvalue weighted by atomic mass is 9.97. The van der Waals surface area contributed by atoms with E-state index >= 15 is 0 Å². The van der Waals surface area contributed by atoms with Gasteiger partial charge in [-0.1, -0.05) is 0 Å². The quantitative estimate of drug-likeness (QED) is 0.113. The Hall–Kier alpha value is -5.63. The minimum absolute atomic E-state index is 0.126. The van der Waals surface area contributed by atoms with Crippen molar-refractivity contribution in [2.75, 3.05) is 78.1 Å². The maximum Gasteiger partial charge on any atom is 0.255 e. The number of nitrogens with zero attached hydrogens (tertiary/aromatic N) is 4. The summed E-state index contributed by atoms with van der Waals surface area (Å²) < 4.78 is 24.9. The molecule has 3 fully saturated rings. The van der Waals surface area contributed by atoms with Crippen LogP contribution in [0.2, 0.25) is 0 Å². The van der Waals surface area contributed by atoms with Crippen LogP contribution in [0.4, 0.5) is 5.69 Å². The van der Waals surface area contributed by atoms with E-state index in [0.29, 0.717) is 24.4 Å². The van der Waals surface area contributed by atoms with E-state index in [4.69, 9.17) is 18.9 Å². The molecule has 0 aliphatic carbocycles. The van der Waals surface area contributed by atoms with Gasteiger partial charge >= 0.3 is 0 Å². The lowest BCUT2D eigenvalue weighted by Gasteiger charge is -2.37. The van der Waals surface area contributed by atoms with Crippen molar-refractivity contribution >= 4 is 44.8 Å². The number of nitrogens with one attached hydrogen (secondary N) is 1. The number of piperidine rings is 2. The molecule has 5 aromatic rings. The summed E-state index contributed by atoms with van der Waals surface area (Å²) in [4.78, 5) is 47.4. The van der Waals surface area contributed by atoms with Gasteiger partial charge in [0.2, 0.25) is 11.8 Å². The number of hydrogen-bond donors (Lipinski definition) is 1. The number of likely N-dealkylation sites (tertiary alicyclic amines) is 1. The Labute approximate surface area is 360 Å². The average Bonchev–Trinajstić information content (AvgIpc) is 3.82. The normalized spacial score (nSPS) is 19.0. The number of benzene rings is 4. The second kappa shape index (κ2) is 18.2. The zero-order chi connectivity index (χ0) is 41.9. The number of piperazine rings is 1. The first-order valence-electron chi connectivity index (χ1n) is 21.4. The number of anilines is 1. The Bertz CT molecular complexity index is 2370. The summed E-state index contributed by atoms with van der Waals surface area (Å²) in [5, 5.41) is 3.42. The number of amides is 3. The molecule has 0 spiro atoms. The van der Waals surface area contributed by atoms with Crippen molar-refractivity contribution in [1.82, 2.24) is 20.0 Å². The third-order valence-corrected chi connectivity index (χ3v) is 13.8. The van der Waals surface area contributed by atoms with E-state index in [1.54, 1.807) is 30.5 Å². The van der Waals surface area contributed by atoms with Crippen molar-refractivity contribution in [2.45, 2.75) is 44.7 Å². The maximum atomic E-state index is 13.1. The number of carbonyl (C=O) groups excluding carboxylic acids is 3. The standard InChI is InChI=1S/C48H53N5O7S/c1-57-36-7-4-33(5-8-36)46-45(41-15-13-39(58-2)29-43(41)61-46)60-38-11-9-37(10-12-38)59-31-32-18-22-50(23-19-32)20-3-21-51-24-26-52(27-25-51)35-6-14-40-34(28-35)30-53(48(40)56)42-16-17-44(54)49-47(42)55/h4-15,28-29,32,42H,3,16-27,30-31H2,1-2H3,(H,49,54,55).